The highest BCUT2D eigenvalue weighted by Crippen LogP contribution is 2.12. The van der Waals surface area contributed by atoms with E-state index in [1.165, 1.54) is 21.9 Å². The lowest BCUT2D eigenvalue weighted by molar-refractivity contribution is 0.924. The van der Waals surface area contributed by atoms with Crippen molar-refractivity contribution in [3.8, 4) is 0 Å². The van der Waals surface area contributed by atoms with E-state index in [0.29, 0.717) is 0 Å². The summed E-state index contributed by atoms with van der Waals surface area (Å²) >= 11 is 4.22. The third-order valence-electron chi connectivity index (χ3n) is 2.50. The van der Waals surface area contributed by atoms with Crippen LogP contribution in [0.4, 0.5) is 0 Å². The Hall–Kier alpha value is -0.213. The Morgan fingerprint density at radius 2 is 1.92 bits per heavy atom. The van der Waals surface area contributed by atoms with Gasteiger partial charge in [-0.05, 0) is 49.1 Å². The molecule has 0 atom stereocenters. The van der Waals surface area contributed by atoms with Gasteiger partial charge in [-0.2, -0.15) is 12.6 Å². The Kier molecular flexibility index (Phi) is 4.07. The summed E-state index contributed by atoms with van der Waals surface area (Å²) in [4.78, 5) is 0. The first-order valence-corrected chi connectivity index (χ1v) is 5.71. The van der Waals surface area contributed by atoms with Gasteiger partial charge in [0.05, 0.1) is 10.2 Å². The van der Waals surface area contributed by atoms with E-state index in [2.05, 4.69) is 48.9 Å². The van der Waals surface area contributed by atoms with Crippen LogP contribution in [0, 0.1) is 13.8 Å². The Bertz CT molecular complexity index is 294. The van der Waals surface area contributed by atoms with Crippen molar-refractivity contribution < 1.29 is 0 Å². The molecule has 0 nitrogen and oxygen atoms in total. The highest BCUT2D eigenvalue weighted by molar-refractivity contribution is 7.80. The molecule has 1 aromatic rings. The van der Waals surface area contributed by atoms with Crippen molar-refractivity contribution in [1.82, 2.24) is 0 Å². The maximum atomic E-state index is 4.22. The Balaban J connectivity index is 2.90. The van der Waals surface area contributed by atoms with Gasteiger partial charge in [0.1, 0.15) is 0 Å². The quantitative estimate of drug-likeness (QED) is 0.568. The van der Waals surface area contributed by atoms with Crippen molar-refractivity contribution in [1.29, 1.82) is 0 Å². The SMILES string of the molecule is Cc1c([Si])ccc(CCCS)c1C. The van der Waals surface area contributed by atoms with Crippen LogP contribution in [0.2, 0.25) is 0 Å². The van der Waals surface area contributed by atoms with E-state index in [1.54, 1.807) is 0 Å². The molecule has 0 unspecified atom stereocenters. The average molecular weight is 207 g/mol. The van der Waals surface area contributed by atoms with Crippen LogP contribution in [0.3, 0.4) is 0 Å². The molecule has 0 saturated heterocycles. The molecule has 3 radical (unpaired) electrons. The molecule has 0 aliphatic rings. The lowest BCUT2D eigenvalue weighted by Crippen LogP contribution is -2.10. The van der Waals surface area contributed by atoms with Crippen molar-refractivity contribution in [2.75, 3.05) is 5.75 Å². The van der Waals surface area contributed by atoms with Crippen molar-refractivity contribution in [3.05, 3.63) is 28.8 Å². The first kappa shape index (κ1) is 10.9. The van der Waals surface area contributed by atoms with E-state index >= 15 is 0 Å². The zero-order valence-electron chi connectivity index (χ0n) is 8.22. The van der Waals surface area contributed by atoms with Crippen LogP contribution >= 0.6 is 12.6 Å². The van der Waals surface area contributed by atoms with Crippen LogP contribution in [0.5, 0.6) is 0 Å². The van der Waals surface area contributed by atoms with Gasteiger partial charge in [-0.15, -0.1) is 0 Å². The summed E-state index contributed by atoms with van der Waals surface area (Å²) in [5.74, 6) is 0.966. The van der Waals surface area contributed by atoms with Gasteiger partial charge in [0.25, 0.3) is 0 Å². The summed E-state index contributed by atoms with van der Waals surface area (Å²) in [5, 5.41) is 1.20. The molecule has 1 aromatic carbocycles. The van der Waals surface area contributed by atoms with E-state index < -0.39 is 0 Å². The molecule has 0 aromatic heterocycles. The largest absolute Gasteiger partial charge is 0.179 e. The Morgan fingerprint density at radius 3 is 2.54 bits per heavy atom. The van der Waals surface area contributed by atoms with Gasteiger partial charge >= 0.3 is 0 Å². The molecule has 0 fully saturated rings. The predicted molar refractivity (Wildman–Crippen MR) is 63.5 cm³/mol. The van der Waals surface area contributed by atoms with Gasteiger partial charge in [0.2, 0.25) is 0 Å². The van der Waals surface area contributed by atoms with Gasteiger partial charge in [-0.25, -0.2) is 0 Å². The van der Waals surface area contributed by atoms with Crippen LogP contribution in [0.1, 0.15) is 23.1 Å². The topological polar surface area (TPSA) is 0 Å². The zero-order chi connectivity index (χ0) is 9.84. The number of rotatable bonds is 3. The molecule has 0 aliphatic heterocycles. The first-order chi connectivity index (χ1) is 6.16. The van der Waals surface area contributed by atoms with Crippen LogP contribution in [-0.2, 0) is 6.42 Å². The molecule has 0 saturated carbocycles. The molecular formula is C11H15SSi. The molecule has 13 heavy (non-hydrogen) atoms. The number of hydrogen-bond donors (Lipinski definition) is 1. The van der Waals surface area contributed by atoms with Crippen LogP contribution in [0.25, 0.3) is 0 Å². The minimum absolute atomic E-state index is 0.966. The molecule has 2 heteroatoms. The molecule has 0 spiro atoms. The highest BCUT2D eigenvalue weighted by atomic mass is 32.1. The second-order valence-corrected chi connectivity index (χ2v) is 4.34. The summed E-state index contributed by atoms with van der Waals surface area (Å²) in [6, 6.07) is 4.33. The smallest absolute Gasteiger partial charge is 0.0715 e. The van der Waals surface area contributed by atoms with Gasteiger partial charge in [-0.1, -0.05) is 17.3 Å². The fourth-order valence-corrected chi connectivity index (χ4v) is 1.85. The molecule has 69 valence electrons. The van der Waals surface area contributed by atoms with E-state index in [1.807, 2.05) is 0 Å². The van der Waals surface area contributed by atoms with Crippen molar-refractivity contribution >= 4 is 28.1 Å². The van der Waals surface area contributed by atoms with E-state index in [4.69, 9.17) is 0 Å². The Morgan fingerprint density at radius 1 is 1.23 bits per heavy atom. The summed E-state index contributed by atoms with van der Waals surface area (Å²) in [5.41, 5.74) is 4.22. The second kappa shape index (κ2) is 4.87. The summed E-state index contributed by atoms with van der Waals surface area (Å²) in [7, 11) is 3.58. The number of benzene rings is 1. The number of thiol groups is 1. The minimum atomic E-state index is 0.966. The molecular weight excluding hydrogens is 192 g/mol. The van der Waals surface area contributed by atoms with Gasteiger partial charge in [0, 0.05) is 0 Å². The van der Waals surface area contributed by atoms with Gasteiger partial charge < -0.3 is 0 Å². The number of aryl methyl sites for hydroxylation is 1. The fraction of sp³-hybridized carbons (Fsp3) is 0.455. The van der Waals surface area contributed by atoms with E-state index in [-0.39, 0.29) is 0 Å². The highest BCUT2D eigenvalue weighted by Gasteiger charge is 2.02. The molecule has 0 N–H and O–H groups in total. The normalized spacial score (nSPS) is 10.5. The third-order valence-corrected chi connectivity index (χ3v) is 3.36. The average Bonchev–Trinajstić information content (AvgIpc) is 2.13. The molecule has 0 aliphatic carbocycles. The molecule has 0 amide bonds. The third kappa shape index (κ3) is 2.61. The molecule has 0 bridgehead atoms. The predicted octanol–water partition coefficient (Wildman–Crippen LogP) is 1.96. The summed E-state index contributed by atoms with van der Waals surface area (Å²) in [6.45, 7) is 4.34. The molecule has 1 rings (SSSR count). The Labute approximate surface area is 89.6 Å². The lowest BCUT2D eigenvalue weighted by atomic mass is 10.00. The summed E-state index contributed by atoms with van der Waals surface area (Å²) < 4.78 is 0. The van der Waals surface area contributed by atoms with Crippen molar-refractivity contribution in [2.24, 2.45) is 0 Å². The lowest BCUT2D eigenvalue weighted by Gasteiger charge is -2.10. The zero-order valence-corrected chi connectivity index (χ0v) is 10.1. The minimum Gasteiger partial charge on any atom is -0.179 e. The molecule has 0 heterocycles. The first-order valence-electron chi connectivity index (χ1n) is 4.58. The fourth-order valence-electron chi connectivity index (χ4n) is 1.42. The van der Waals surface area contributed by atoms with Crippen LogP contribution < -0.4 is 5.19 Å². The van der Waals surface area contributed by atoms with Crippen molar-refractivity contribution in [2.45, 2.75) is 26.7 Å². The van der Waals surface area contributed by atoms with E-state index in [9.17, 15) is 0 Å². The number of hydrogen-bond acceptors (Lipinski definition) is 1. The summed E-state index contributed by atoms with van der Waals surface area (Å²) in [6.07, 6.45) is 2.30. The van der Waals surface area contributed by atoms with Gasteiger partial charge in [0.15, 0.2) is 0 Å². The second-order valence-electron chi connectivity index (χ2n) is 3.35. The van der Waals surface area contributed by atoms with Gasteiger partial charge in [-0.3, -0.25) is 0 Å². The maximum absolute atomic E-state index is 4.22. The van der Waals surface area contributed by atoms with Crippen LogP contribution in [-0.4, -0.2) is 16.0 Å². The monoisotopic (exact) mass is 207 g/mol. The maximum Gasteiger partial charge on any atom is 0.0715 e. The van der Waals surface area contributed by atoms with Crippen molar-refractivity contribution in [3.63, 3.8) is 0 Å². The standard InChI is InChI=1S/C11H15SSi/c1-8-9(2)11(13)6-5-10(8)4-3-7-12/h5-6,12H,3-4,7H2,1-2H3. The van der Waals surface area contributed by atoms with Crippen LogP contribution in [0.15, 0.2) is 12.1 Å². The van der Waals surface area contributed by atoms with E-state index in [0.717, 1.165) is 18.6 Å².